The van der Waals surface area contributed by atoms with Gasteiger partial charge in [-0.05, 0) is 33.6 Å². The molecule has 2 saturated heterocycles. The third kappa shape index (κ3) is 3.69. The summed E-state index contributed by atoms with van der Waals surface area (Å²) in [6, 6.07) is 0.729. The summed E-state index contributed by atoms with van der Waals surface area (Å²) in [7, 11) is 0. The average molecular weight is 267 g/mol. The first-order valence-electron chi connectivity index (χ1n) is 7.62. The second-order valence-corrected chi connectivity index (χ2v) is 6.93. The molecule has 0 atom stereocenters. The lowest BCUT2D eigenvalue weighted by Crippen LogP contribution is -2.55. The van der Waals surface area contributed by atoms with Crippen LogP contribution in [-0.2, 0) is 4.79 Å². The van der Waals surface area contributed by atoms with E-state index in [4.69, 9.17) is 0 Å². The van der Waals surface area contributed by atoms with Crippen molar-refractivity contribution in [2.24, 2.45) is 0 Å². The Balaban J connectivity index is 1.78. The van der Waals surface area contributed by atoms with Gasteiger partial charge in [-0.25, -0.2) is 0 Å². The quantitative estimate of drug-likeness (QED) is 0.719. The lowest BCUT2D eigenvalue weighted by molar-refractivity contribution is -0.131. The summed E-state index contributed by atoms with van der Waals surface area (Å²) in [5, 5.41) is 0. The molecule has 4 nitrogen and oxygen atoms in total. The van der Waals surface area contributed by atoms with E-state index in [1.807, 2.05) is 4.90 Å². The number of piperidine rings is 1. The smallest absolute Gasteiger partial charge is 0.219 e. The first kappa shape index (κ1) is 14.8. The van der Waals surface area contributed by atoms with Crippen LogP contribution >= 0.6 is 0 Å². The summed E-state index contributed by atoms with van der Waals surface area (Å²) in [6.45, 7) is 14.9. The number of carbonyl (C=O) groups is 1. The van der Waals surface area contributed by atoms with Crippen molar-refractivity contribution in [1.82, 2.24) is 14.7 Å². The van der Waals surface area contributed by atoms with Gasteiger partial charge in [-0.1, -0.05) is 0 Å². The number of likely N-dealkylation sites (tertiary alicyclic amines) is 1. The normalized spacial score (nSPS) is 24.7. The van der Waals surface area contributed by atoms with Crippen molar-refractivity contribution in [2.45, 2.75) is 52.1 Å². The van der Waals surface area contributed by atoms with Gasteiger partial charge in [-0.3, -0.25) is 14.6 Å². The lowest BCUT2D eigenvalue weighted by atomic mass is 9.96. The molecule has 2 aliphatic rings. The van der Waals surface area contributed by atoms with Crippen molar-refractivity contribution in [3.63, 3.8) is 0 Å². The number of rotatable bonds is 1. The summed E-state index contributed by atoms with van der Waals surface area (Å²) >= 11 is 0. The fraction of sp³-hybridized carbons (Fsp3) is 0.933. The molecule has 4 heteroatoms. The van der Waals surface area contributed by atoms with E-state index in [2.05, 4.69) is 30.6 Å². The van der Waals surface area contributed by atoms with E-state index in [9.17, 15) is 4.79 Å². The van der Waals surface area contributed by atoms with Crippen LogP contribution in [0.5, 0.6) is 0 Å². The predicted octanol–water partition coefficient (Wildman–Crippen LogP) is 1.41. The van der Waals surface area contributed by atoms with Crippen molar-refractivity contribution in [1.29, 1.82) is 0 Å². The van der Waals surface area contributed by atoms with Crippen molar-refractivity contribution < 1.29 is 4.79 Å². The second kappa shape index (κ2) is 5.80. The lowest BCUT2D eigenvalue weighted by Gasteiger charge is -2.45. The fourth-order valence-corrected chi connectivity index (χ4v) is 3.30. The molecular weight excluding hydrogens is 238 g/mol. The molecule has 0 aromatic rings. The highest BCUT2D eigenvalue weighted by Crippen LogP contribution is 2.23. The van der Waals surface area contributed by atoms with Gasteiger partial charge in [0.1, 0.15) is 0 Å². The molecule has 0 saturated carbocycles. The molecular formula is C15H29N3O. The van der Waals surface area contributed by atoms with Gasteiger partial charge in [0.05, 0.1) is 0 Å². The van der Waals surface area contributed by atoms with Gasteiger partial charge < -0.3 is 4.90 Å². The molecule has 0 aliphatic carbocycles. The molecule has 0 spiro atoms. The molecule has 0 radical (unpaired) electrons. The van der Waals surface area contributed by atoms with Gasteiger partial charge in [0, 0.05) is 57.8 Å². The van der Waals surface area contributed by atoms with E-state index in [0.29, 0.717) is 5.54 Å². The van der Waals surface area contributed by atoms with E-state index in [1.165, 1.54) is 25.9 Å². The first-order chi connectivity index (χ1) is 8.88. The van der Waals surface area contributed by atoms with Crippen LogP contribution in [0.2, 0.25) is 0 Å². The summed E-state index contributed by atoms with van der Waals surface area (Å²) in [5.74, 6) is 0.224. The molecule has 2 fully saturated rings. The van der Waals surface area contributed by atoms with E-state index in [-0.39, 0.29) is 5.91 Å². The minimum absolute atomic E-state index is 0.224. The third-order valence-electron chi connectivity index (χ3n) is 4.69. The highest BCUT2D eigenvalue weighted by molar-refractivity contribution is 5.73. The van der Waals surface area contributed by atoms with Gasteiger partial charge in [0.15, 0.2) is 0 Å². The Bertz CT molecular complexity index is 308. The number of piperazine rings is 1. The Hall–Kier alpha value is -0.610. The topological polar surface area (TPSA) is 26.8 Å². The summed E-state index contributed by atoms with van der Waals surface area (Å²) < 4.78 is 0. The van der Waals surface area contributed by atoms with Crippen molar-refractivity contribution >= 4 is 5.91 Å². The van der Waals surface area contributed by atoms with Crippen molar-refractivity contribution in [3.8, 4) is 0 Å². The van der Waals surface area contributed by atoms with E-state index >= 15 is 0 Å². The zero-order valence-corrected chi connectivity index (χ0v) is 13.0. The van der Waals surface area contributed by atoms with Gasteiger partial charge >= 0.3 is 0 Å². The van der Waals surface area contributed by atoms with Crippen LogP contribution in [0.1, 0.15) is 40.5 Å². The molecule has 0 unspecified atom stereocenters. The minimum atomic E-state index is 0.224. The van der Waals surface area contributed by atoms with Crippen LogP contribution in [-0.4, -0.2) is 71.5 Å². The fourth-order valence-electron chi connectivity index (χ4n) is 3.30. The number of carbonyl (C=O) groups excluding carboxylic acids is 1. The molecule has 0 bridgehead atoms. The number of nitrogens with zero attached hydrogens (tertiary/aromatic N) is 3. The Kier molecular flexibility index (Phi) is 4.51. The maximum atomic E-state index is 11.3. The zero-order valence-electron chi connectivity index (χ0n) is 13.0. The number of amides is 1. The average Bonchev–Trinajstić information content (AvgIpc) is 2.38. The van der Waals surface area contributed by atoms with E-state index < -0.39 is 0 Å². The van der Waals surface area contributed by atoms with Crippen LogP contribution in [0.3, 0.4) is 0 Å². The van der Waals surface area contributed by atoms with Gasteiger partial charge in [-0.2, -0.15) is 0 Å². The molecule has 2 rings (SSSR count). The number of hydrogen-bond donors (Lipinski definition) is 0. The molecule has 2 aliphatic heterocycles. The van der Waals surface area contributed by atoms with Gasteiger partial charge in [-0.15, -0.1) is 0 Å². The summed E-state index contributed by atoms with van der Waals surface area (Å²) in [5.41, 5.74) is 0.304. The second-order valence-electron chi connectivity index (χ2n) is 6.93. The molecule has 0 aromatic heterocycles. The summed E-state index contributed by atoms with van der Waals surface area (Å²) in [6.07, 6.45) is 2.55. The predicted molar refractivity (Wildman–Crippen MR) is 78.2 cm³/mol. The van der Waals surface area contributed by atoms with E-state index in [0.717, 1.165) is 32.2 Å². The van der Waals surface area contributed by atoms with Crippen molar-refractivity contribution in [3.05, 3.63) is 0 Å². The molecule has 0 aromatic carbocycles. The van der Waals surface area contributed by atoms with Crippen LogP contribution in [0, 0.1) is 0 Å². The Morgan fingerprint density at radius 1 is 0.947 bits per heavy atom. The Morgan fingerprint density at radius 2 is 1.47 bits per heavy atom. The highest BCUT2D eigenvalue weighted by atomic mass is 16.2. The molecule has 1 amide bonds. The SMILES string of the molecule is CC(=O)N1CCN(C2CCN(C(C)(C)C)CC2)CC1. The monoisotopic (exact) mass is 267 g/mol. The molecule has 110 valence electrons. The standard InChI is InChI=1S/C15H29N3O/c1-13(19)16-9-11-17(12-10-16)14-5-7-18(8-6-14)15(2,3)4/h14H,5-12H2,1-4H3. The van der Waals surface area contributed by atoms with Gasteiger partial charge in [0.2, 0.25) is 5.91 Å². The van der Waals surface area contributed by atoms with Crippen LogP contribution in [0.25, 0.3) is 0 Å². The van der Waals surface area contributed by atoms with E-state index in [1.54, 1.807) is 6.92 Å². The Labute approximate surface area is 117 Å². The Morgan fingerprint density at radius 3 is 1.89 bits per heavy atom. The third-order valence-corrected chi connectivity index (χ3v) is 4.69. The zero-order chi connectivity index (χ0) is 14.0. The van der Waals surface area contributed by atoms with Crippen LogP contribution in [0.4, 0.5) is 0 Å². The minimum Gasteiger partial charge on any atom is -0.340 e. The van der Waals surface area contributed by atoms with Gasteiger partial charge in [0.25, 0.3) is 0 Å². The van der Waals surface area contributed by atoms with Crippen LogP contribution < -0.4 is 0 Å². The molecule has 0 N–H and O–H groups in total. The highest BCUT2D eigenvalue weighted by Gasteiger charge is 2.31. The number of hydrogen-bond acceptors (Lipinski definition) is 3. The first-order valence-corrected chi connectivity index (χ1v) is 7.62. The molecule has 19 heavy (non-hydrogen) atoms. The summed E-state index contributed by atoms with van der Waals surface area (Å²) in [4.78, 5) is 18.5. The largest absolute Gasteiger partial charge is 0.340 e. The molecule has 2 heterocycles. The maximum Gasteiger partial charge on any atom is 0.219 e. The maximum absolute atomic E-state index is 11.3. The van der Waals surface area contributed by atoms with Crippen LogP contribution in [0.15, 0.2) is 0 Å². The van der Waals surface area contributed by atoms with Crippen molar-refractivity contribution in [2.75, 3.05) is 39.3 Å².